The molecule has 1 atom stereocenters. The maximum absolute atomic E-state index is 2.34. The normalized spacial score (nSPS) is 22.0. The second-order valence-electron chi connectivity index (χ2n) is 3.29. The summed E-state index contributed by atoms with van der Waals surface area (Å²) in [6, 6.07) is 9.30. The van der Waals surface area contributed by atoms with Gasteiger partial charge in [0.05, 0.1) is 0 Å². The fourth-order valence-electron chi connectivity index (χ4n) is 1.72. The molecule has 1 heterocycles. The summed E-state index contributed by atoms with van der Waals surface area (Å²) in [5, 5.41) is 0. The average molecular weight is 147 g/mol. The Morgan fingerprint density at radius 2 is 2.09 bits per heavy atom. The van der Waals surface area contributed by atoms with Gasteiger partial charge in [0, 0.05) is 18.8 Å². The van der Waals surface area contributed by atoms with Crippen molar-refractivity contribution >= 4 is 5.69 Å². The van der Waals surface area contributed by atoms with Gasteiger partial charge in [0.25, 0.3) is 0 Å². The number of nitrogens with zero attached hydrogens (tertiary/aromatic N) is 1. The van der Waals surface area contributed by atoms with E-state index >= 15 is 0 Å². The third-order valence-electron chi connectivity index (χ3n) is 2.55. The number of hydrogen-bond donors (Lipinski definition) is 0. The minimum absolute atomic E-state index is 0.674. The Bertz CT molecular complexity index is 267. The number of hydrogen-bond acceptors (Lipinski definition) is 1. The van der Waals surface area contributed by atoms with Gasteiger partial charge in [-0.3, -0.25) is 0 Å². The van der Waals surface area contributed by atoms with E-state index in [-0.39, 0.29) is 0 Å². The SMILES string of the molecule is C[C@H]1Cc2ccccc2N1C. The highest BCUT2D eigenvalue weighted by Gasteiger charge is 2.21. The Labute approximate surface area is 67.6 Å². The number of anilines is 1. The van der Waals surface area contributed by atoms with Crippen LogP contribution >= 0.6 is 0 Å². The molecule has 1 aliphatic rings. The first-order valence-corrected chi connectivity index (χ1v) is 4.10. The van der Waals surface area contributed by atoms with Crippen molar-refractivity contribution < 1.29 is 0 Å². The summed E-state index contributed by atoms with van der Waals surface area (Å²) in [7, 11) is 2.16. The van der Waals surface area contributed by atoms with E-state index in [0.29, 0.717) is 6.04 Å². The molecule has 1 aliphatic heterocycles. The monoisotopic (exact) mass is 147 g/mol. The molecule has 0 saturated heterocycles. The molecule has 1 aromatic rings. The summed E-state index contributed by atoms with van der Waals surface area (Å²) in [5.74, 6) is 0. The van der Waals surface area contributed by atoms with Crippen LogP contribution in [0.5, 0.6) is 0 Å². The van der Waals surface area contributed by atoms with Crippen LogP contribution in [0.25, 0.3) is 0 Å². The first-order valence-electron chi connectivity index (χ1n) is 4.10. The van der Waals surface area contributed by atoms with Gasteiger partial charge in [-0.1, -0.05) is 18.2 Å². The quantitative estimate of drug-likeness (QED) is 0.543. The van der Waals surface area contributed by atoms with E-state index in [0.717, 1.165) is 0 Å². The lowest BCUT2D eigenvalue weighted by Gasteiger charge is -2.17. The van der Waals surface area contributed by atoms with Gasteiger partial charge in [-0.15, -0.1) is 0 Å². The molecule has 0 aromatic heterocycles. The van der Waals surface area contributed by atoms with Gasteiger partial charge >= 0.3 is 0 Å². The lowest BCUT2D eigenvalue weighted by molar-refractivity contribution is 0.732. The van der Waals surface area contributed by atoms with Crippen LogP contribution in [0.4, 0.5) is 5.69 Å². The largest absolute Gasteiger partial charge is 0.371 e. The van der Waals surface area contributed by atoms with E-state index < -0.39 is 0 Å². The molecule has 1 heteroatoms. The Hall–Kier alpha value is -0.980. The van der Waals surface area contributed by atoms with Crippen LogP contribution in [0.3, 0.4) is 0 Å². The standard InChI is InChI=1S/C10H13N/c1-8-7-9-5-3-4-6-10(9)11(8)2/h3-6,8H,7H2,1-2H3/t8-/m0/s1. The lowest BCUT2D eigenvalue weighted by atomic mass is 10.1. The number of rotatable bonds is 0. The van der Waals surface area contributed by atoms with Crippen molar-refractivity contribution in [3.63, 3.8) is 0 Å². The third-order valence-corrected chi connectivity index (χ3v) is 2.55. The van der Waals surface area contributed by atoms with Crippen molar-refractivity contribution in [2.45, 2.75) is 19.4 Å². The van der Waals surface area contributed by atoms with Crippen molar-refractivity contribution in [3.05, 3.63) is 29.8 Å². The first kappa shape index (κ1) is 6.71. The van der Waals surface area contributed by atoms with Gasteiger partial charge < -0.3 is 4.90 Å². The summed E-state index contributed by atoms with van der Waals surface area (Å²) < 4.78 is 0. The maximum atomic E-state index is 2.34. The molecule has 0 unspecified atom stereocenters. The Kier molecular flexibility index (Phi) is 1.38. The summed E-state index contributed by atoms with van der Waals surface area (Å²) in [6.45, 7) is 2.26. The molecule has 2 rings (SSSR count). The number of fused-ring (bicyclic) bond motifs is 1. The smallest absolute Gasteiger partial charge is 0.0399 e. The van der Waals surface area contributed by atoms with Gasteiger partial charge in [0.1, 0.15) is 0 Å². The molecular weight excluding hydrogens is 134 g/mol. The highest BCUT2D eigenvalue weighted by atomic mass is 15.1. The van der Waals surface area contributed by atoms with E-state index in [9.17, 15) is 0 Å². The van der Waals surface area contributed by atoms with Crippen LogP contribution in [0.2, 0.25) is 0 Å². The zero-order chi connectivity index (χ0) is 7.84. The van der Waals surface area contributed by atoms with Crippen LogP contribution in [0.1, 0.15) is 12.5 Å². The molecule has 0 amide bonds. The molecule has 0 spiro atoms. The van der Waals surface area contributed by atoms with Crippen molar-refractivity contribution in [2.75, 3.05) is 11.9 Å². The molecule has 58 valence electrons. The van der Waals surface area contributed by atoms with Gasteiger partial charge in [0.15, 0.2) is 0 Å². The van der Waals surface area contributed by atoms with Crippen molar-refractivity contribution in [1.82, 2.24) is 0 Å². The van der Waals surface area contributed by atoms with E-state index in [1.807, 2.05) is 0 Å². The van der Waals surface area contributed by atoms with E-state index in [2.05, 4.69) is 43.1 Å². The summed E-state index contributed by atoms with van der Waals surface area (Å²) >= 11 is 0. The van der Waals surface area contributed by atoms with E-state index in [1.165, 1.54) is 17.7 Å². The number of benzene rings is 1. The second-order valence-corrected chi connectivity index (χ2v) is 3.29. The summed E-state index contributed by atoms with van der Waals surface area (Å²) in [4.78, 5) is 2.34. The van der Waals surface area contributed by atoms with Crippen LogP contribution in [0, 0.1) is 0 Å². The molecule has 0 radical (unpaired) electrons. The molecule has 0 bridgehead atoms. The molecule has 0 N–H and O–H groups in total. The lowest BCUT2D eigenvalue weighted by Crippen LogP contribution is -2.23. The Morgan fingerprint density at radius 3 is 2.82 bits per heavy atom. The predicted octanol–water partition coefficient (Wildman–Crippen LogP) is 2.07. The Balaban J connectivity index is 2.47. The molecule has 0 saturated carbocycles. The van der Waals surface area contributed by atoms with Crippen molar-refractivity contribution in [2.24, 2.45) is 0 Å². The van der Waals surface area contributed by atoms with E-state index in [4.69, 9.17) is 0 Å². The zero-order valence-electron chi connectivity index (χ0n) is 7.04. The topological polar surface area (TPSA) is 3.24 Å². The fourth-order valence-corrected chi connectivity index (χ4v) is 1.72. The maximum Gasteiger partial charge on any atom is 0.0399 e. The van der Waals surface area contributed by atoms with Gasteiger partial charge in [-0.2, -0.15) is 0 Å². The van der Waals surface area contributed by atoms with Gasteiger partial charge in [0.2, 0.25) is 0 Å². The van der Waals surface area contributed by atoms with Crippen molar-refractivity contribution in [1.29, 1.82) is 0 Å². The van der Waals surface area contributed by atoms with Crippen LogP contribution < -0.4 is 4.90 Å². The minimum atomic E-state index is 0.674. The molecule has 0 fully saturated rings. The summed E-state index contributed by atoms with van der Waals surface area (Å²) in [6.07, 6.45) is 1.20. The van der Waals surface area contributed by atoms with Crippen LogP contribution in [0.15, 0.2) is 24.3 Å². The molecular formula is C10H13N. The molecule has 1 nitrogen and oxygen atoms in total. The zero-order valence-corrected chi connectivity index (χ0v) is 7.04. The highest BCUT2D eigenvalue weighted by Crippen LogP contribution is 2.29. The third kappa shape index (κ3) is 0.917. The second kappa shape index (κ2) is 2.26. The number of para-hydroxylation sites is 1. The Morgan fingerprint density at radius 1 is 1.36 bits per heavy atom. The fraction of sp³-hybridized carbons (Fsp3) is 0.400. The number of likely N-dealkylation sites (N-methyl/N-ethyl adjacent to an activating group) is 1. The highest BCUT2D eigenvalue weighted by molar-refractivity contribution is 5.58. The average Bonchev–Trinajstić information content (AvgIpc) is 2.30. The van der Waals surface area contributed by atoms with Gasteiger partial charge in [-0.25, -0.2) is 0 Å². The van der Waals surface area contributed by atoms with Crippen molar-refractivity contribution in [3.8, 4) is 0 Å². The molecule has 0 aliphatic carbocycles. The van der Waals surface area contributed by atoms with Crippen LogP contribution in [-0.2, 0) is 6.42 Å². The van der Waals surface area contributed by atoms with E-state index in [1.54, 1.807) is 0 Å². The predicted molar refractivity (Wildman–Crippen MR) is 48.0 cm³/mol. The van der Waals surface area contributed by atoms with Gasteiger partial charge in [-0.05, 0) is 25.0 Å². The minimum Gasteiger partial charge on any atom is -0.371 e. The first-order chi connectivity index (χ1) is 5.29. The molecule has 11 heavy (non-hydrogen) atoms. The molecule has 1 aromatic carbocycles. The summed E-state index contributed by atoms with van der Waals surface area (Å²) in [5.41, 5.74) is 2.89. The van der Waals surface area contributed by atoms with Crippen LogP contribution in [-0.4, -0.2) is 13.1 Å².